The molecule has 4 atom stereocenters. The zero-order chi connectivity index (χ0) is 24.1. The van der Waals surface area contributed by atoms with Crippen LogP contribution < -0.4 is 10.1 Å². The van der Waals surface area contributed by atoms with Crippen LogP contribution in [0, 0.1) is 0 Å². The quantitative estimate of drug-likeness (QED) is 0.668. The van der Waals surface area contributed by atoms with Crippen molar-refractivity contribution in [3.8, 4) is 5.75 Å². The van der Waals surface area contributed by atoms with E-state index in [9.17, 15) is 14.7 Å². The van der Waals surface area contributed by atoms with Crippen molar-refractivity contribution in [2.24, 2.45) is 0 Å². The van der Waals surface area contributed by atoms with Crippen LogP contribution >= 0.6 is 0 Å². The highest BCUT2D eigenvalue weighted by molar-refractivity contribution is 5.89. The summed E-state index contributed by atoms with van der Waals surface area (Å²) in [7, 11) is 3.65. The summed E-state index contributed by atoms with van der Waals surface area (Å²) in [5.74, 6) is 0.822. The largest absolute Gasteiger partial charge is 0.497 e. The summed E-state index contributed by atoms with van der Waals surface area (Å²) >= 11 is 0. The number of likely N-dealkylation sites (N-methyl/N-ethyl adjacent to an activating group) is 1. The molecule has 0 aliphatic carbocycles. The summed E-state index contributed by atoms with van der Waals surface area (Å²) in [6, 6.07) is 6.56. The van der Waals surface area contributed by atoms with Gasteiger partial charge in [-0.15, -0.1) is 0 Å². The van der Waals surface area contributed by atoms with Gasteiger partial charge in [0.05, 0.1) is 51.5 Å². The number of piperazine rings is 1. The van der Waals surface area contributed by atoms with Crippen molar-refractivity contribution < 1.29 is 28.9 Å². The second kappa shape index (κ2) is 11.4. The molecule has 3 aliphatic rings. The van der Waals surface area contributed by atoms with Gasteiger partial charge in [-0.05, 0) is 44.2 Å². The minimum atomic E-state index is -0.779. The molecule has 188 valence electrons. The van der Waals surface area contributed by atoms with Gasteiger partial charge in [0.15, 0.2) is 0 Å². The number of rotatable bonds is 4. The minimum absolute atomic E-state index is 0.118. The highest BCUT2D eigenvalue weighted by Gasteiger charge is 2.40. The highest BCUT2D eigenvalue weighted by Crippen LogP contribution is 2.29. The first-order valence-corrected chi connectivity index (χ1v) is 12.0. The third-order valence-electron chi connectivity index (χ3n) is 6.84. The minimum Gasteiger partial charge on any atom is -0.497 e. The Morgan fingerprint density at radius 3 is 2.56 bits per heavy atom. The number of fused-ring (bicyclic) bond motifs is 1. The Morgan fingerprint density at radius 1 is 1.12 bits per heavy atom. The number of anilines is 1. The number of methoxy groups -OCH3 is 1. The average molecular weight is 477 g/mol. The molecular formula is C24H36N4O6. The van der Waals surface area contributed by atoms with Gasteiger partial charge in [-0.25, -0.2) is 4.79 Å². The topological polar surface area (TPSA) is 104 Å². The lowest BCUT2D eigenvalue weighted by molar-refractivity contribution is -0.155. The van der Waals surface area contributed by atoms with Gasteiger partial charge in [-0.1, -0.05) is 0 Å². The number of amides is 3. The van der Waals surface area contributed by atoms with Crippen molar-refractivity contribution in [2.45, 2.75) is 43.6 Å². The molecule has 3 aliphatic heterocycles. The maximum atomic E-state index is 13.2. The molecule has 4 rings (SSSR count). The molecule has 3 saturated heterocycles. The molecule has 0 bridgehead atoms. The molecule has 34 heavy (non-hydrogen) atoms. The zero-order valence-electron chi connectivity index (χ0n) is 20.0. The van der Waals surface area contributed by atoms with Crippen molar-refractivity contribution in [1.82, 2.24) is 14.7 Å². The average Bonchev–Trinajstić information content (AvgIpc) is 2.82. The van der Waals surface area contributed by atoms with Crippen molar-refractivity contribution in [1.29, 1.82) is 0 Å². The van der Waals surface area contributed by atoms with Gasteiger partial charge in [0.2, 0.25) is 5.91 Å². The Labute approximate surface area is 200 Å². The molecular weight excluding hydrogens is 440 g/mol. The van der Waals surface area contributed by atoms with Crippen molar-refractivity contribution in [3.63, 3.8) is 0 Å². The first kappa shape index (κ1) is 24.7. The first-order valence-electron chi connectivity index (χ1n) is 12.0. The lowest BCUT2D eigenvalue weighted by atomic mass is 9.94. The molecule has 2 N–H and O–H groups in total. The Morgan fingerprint density at radius 2 is 1.85 bits per heavy atom. The fraction of sp³-hybridized carbons (Fsp3) is 0.667. The number of ether oxygens (including phenoxy) is 3. The van der Waals surface area contributed by atoms with Crippen LogP contribution in [0.15, 0.2) is 24.3 Å². The number of aliphatic hydroxyl groups excluding tert-OH is 1. The van der Waals surface area contributed by atoms with E-state index >= 15 is 0 Å². The molecule has 10 heteroatoms. The number of carbonyl (C=O) groups excluding carboxylic acids is 2. The number of hydrogen-bond donors (Lipinski definition) is 2. The Bertz CT molecular complexity index is 829. The van der Waals surface area contributed by atoms with Gasteiger partial charge >= 0.3 is 6.03 Å². The first-order chi connectivity index (χ1) is 16.4. The fourth-order valence-corrected chi connectivity index (χ4v) is 4.82. The maximum absolute atomic E-state index is 13.2. The molecule has 0 saturated carbocycles. The van der Waals surface area contributed by atoms with Crippen LogP contribution in [-0.2, 0) is 14.3 Å². The van der Waals surface area contributed by atoms with Crippen LogP contribution in [0.5, 0.6) is 5.75 Å². The molecule has 3 amide bonds. The van der Waals surface area contributed by atoms with E-state index in [4.69, 9.17) is 14.2 Å². The number of urea groups is 1. The third kappa shape index (κ3) is 6.18. The fourth-order valence-electron chi connectivity index (χ4n) is 4.82. The van der Waals surface area contributed by atoms with E-state index in [-0.39, 0.29) is 49.9 Å². The van der Waals surface area contributed by atoms with E-state index in [2.05, 4.69) is 17.3 Å². The van der Waals surface area contributed by atoms with Crippen LogP contribution in [0.1, 0.15) is 19.3 Å². The van der Waals surface area contributed by atoms with E-state index in [0.29, 0.717) is 30.7 Å². The van der Waals surface area contributed by atoms with Crippen molar-refractivity contribution in [3.05, 3.63) is 24.3 Å². The lowest BCUT2D eigenvalue weighted by Gasteiger charge is -2.44. The molecule has 3 fully saturated rings. The second-order valence-electron chi connectivity index (χ2n) is 9.33. The summed E-state index contributed by atoms with van der Waals surface area (Å²) in [5.41, 5.74) is 0.641. The smallest absolute Gasteiger partial charge is 0.322 e. The number of hydrogen-bond acceptors (Lipinski definition) is 7. The maximum Gasteiger partial charge on any atom is 0.322 e. The van der Waals surface area contributed by atoms with Crippen molar-refractivity contribution in [2.75, 3.05) is 65.4 Å². The predicted molar refractivity (Wildman–Crippen MR) is 126 cm³/mol. The van der Waals surface area contributed by atoms with E-state index in [1.807, 2.05) is 4.90 Å². The number of nitrogens with zero attached hydrogens (tertiary/aromatic N) is 3. The van der Waals surface area contributed by atoms with Gasteiger partial charge in [0.1, 0.15) is 11.9 Å². The molecule has 0 unspecified atom stereocenters. The molecule has 1 aromatic rings. The van der Waals surface area contributed by atoms with Crippen LogP contribution in [0.25, 0.3) is 0 Å². The molecule has 10 nitrogen and oxygen atoms in total. The van der Waals surface area contributed by atoms with Gasteiger partial charge in [-0.2, -0.15) is 0 Å². The summed E-state index contributed by atoms with van der Waals surface area (Å²) < 4.78 is 17.1. The van der Waals surface area contributed by atoms with Gasteiger partial charge in [-0.3, -0.25) is 4.79 Å². The molecule has 0 radical (unpaired) electrons. The zero-order valence-corrected chi connectivity index (χ0v) is 20.0. The normalized spacial score (nSPS) is 28.4. The van der Waals surface area contributed by atoms with Crippen LogP contribution in [0.4, 0.5) is 10.5 Å². The van der Waals surface area contributed by atoms with E-state index in [1.54, 1.807) is 36.3 Å². The number of nitrogens with one attached hydrogen (secondary N) is 1. The van der Waals surface area contributed by atoms with E-state index in [0.717, 1.165) is 26.2 Å². The SMILES string of the molecule is COc1ccc(NC(=O)N2C[C@H](O)COC[C@H]3O[C@H](CC(=O)N4CCN(C)CC4)CC[C@@H]32)cc1. The monoisotopic (exact) mass is 476 g/mol. The summed E-state index contributed by atoms with van der Waals surface area (Å²) in [6.07, 6.45) is 0.355. The Hall–Kier alpha value is -2.40. The number of benzene rings is 1. The van der Waals surface area contributed by atoms with E-state index < -0.39 is 6.10 Å². The molecule has 0 aromatic heterocycles. The summed E-state index contributed by atoms with van der Waals surface area (Å²) in [5, 5.41) is 13.2. The summed E-state index contributed by atoms with van der Waals surface area (Å²) in [4.78, 5) is 31.8. The molecule has 0 spiro atoms. The van der Waals surface area contributed by atoms with Crippen LogP contribution in [0.3, 0.4) is 0 Å². The van der Waals surface area contributed by atoms with Gasteiger partial charge in [0.25, 0.3) is 0 Å². The number of aliphatic hydroxyl groups is 1. The number of carbonyl (C=O) groups is 2. The Balaban J connectivity index is 1.38. The van der Waals surface area contributed by atoms with Gasteiger partial charge in [0, 0.05) is 31.9 Å². The molecule has 3 heterocycles. The molecule has 1 aromatic carbocycles. The Kier molecular flexibility index (Phi) is 8.25. The van der Waals surface area contributed by atoms with Crippen molar-refractivity contribution >= 4 is 17.6 Å². The van der Waals surface area contributed by atoms with E-state index in [1.165, 1.54) is 0 Å². The lowest BCUT2D eigenvalue weighted by Crippen LogP contribution is -2.58. The highest BCUT2D eigenvalue weighted by atomic mass is 16.5. The number of β-amino-alcohol motifs (C(OH)–C–C–N with tert-alkyl or cyclic N) is 1. The predicted octanol–water partition coefficient (Wildman–Crippen LogP) is 1.00. The third-order valence-corrected chi connectivity index (χ3v) is 6.84. The van der Waals surface area contributed by atoms with Crippen LogP contribution in [-0.4, -0.2) is 116 Å². The summed E-state index contributed by atoms with van der Waals surface area (Å²) in [6.45, 7) is 3.81. The standard InChI is InChI=1S/C24H36N4O6/c1-26-9-11-27(12-10-26)23(30)13-20-7-8-21-22(34-20)16-33-15-18(29)14-28(21)24(31)25-17-3-5-19(32-2)6-4-17/h3-6,18,20-22,29H,7-16H2,1-2H3,(H,25,31)/t18-,20-,21-,22+/m0/s1. The second-order valence-corrected chi connectivity index (χ2v) is 9.33. The van der Waals surface area contributed by atoms with Crippen LogP contribution in [0.2, 0.25) is 0 Å². The van der Waals surface area contributed by atoms with Gasteiger partial charge < -0.3 is 39.3 Å².